The first kappa shape index (κ1) is 15.3. The van der Waals surface area contributed by atoms with E-state index in [1.54, 1.807) is 0 Å². The highest BCUT2D eigenvalue weighted by Gasteiger charge is 2.17. The van der Waals surface area contributed by atoms with Crippen molar-refractivity contribution in [3.63, 3.8) is 0 Å². The predicted molar refractivity (Wildman–Crippen MR) is 74.6 cm³/mol. The fourth-order valence-electron chi connectivity index (χ4n) is 1.52. The lowest BCUT2D eigenvalue weighted by molar-refractivity contribution is -0.0385. The van der Waals surface area contributed by atoms with E-state index in [-0.39, 0.29) is 5.60 Å². The van der Waals surface area contributed by atoms with Crippen LogP contribution in [0.3, 0.4) is 0 Å². The lowest BCUT2D eigenvalue weighted by Crippen LogP contribution is -2.22. The van der Waals surface area contributed by atoms with Crippen LogP contribution < -0.4 is 5.32 Å². The quantitative estimate of drug-likeness (QED) is 0.802. The molecule has 18 heavy (non-hydrogen) atoms. The van der Waals surface area contributed by atoms with Gasteiger partial charge in [0.25, 0.3) is 0 Å². The summed E-state index contributed by atoms with van der Waals surface area (Å²) in [6, 6.07) is 2.58. The second kappa shape index (κ2) is 6.39. The minimum atomic E-state index is -0.0863. The van der Waals surface area contributed by atoms with Crippen LogP contribution in [0, 0.1) is 6.92 Å². The van der Waals surface area contributed by atoms with Crippen molar-refractivity contribution < 1.29 is 9.15 Å². The molecule has 3 nitrogen and oxygen atoms in total. The highest BCUT2D eigenvalue weighted by molar-refractivity contribution is 5.20. The Morgan fingerprint density at radius 2 is 2.06 bits per heavy atom. The number of rotatable bonds is 7. The molecule has 0 spiro atoms. The molecule has 1 aromatic rings. The Balaban J connectivity index is 2.56. The van der Waals surface area contributed by atoms with Crippen LogP contribution in [0.1, 0.15) is 58.1 Å². The topological polar surface area (TPSA) is 34.4 Å². The van der Waals surface area contributed by atoms with E-state index >= 15 is 0 Å². The van der Waals surface area contributed by atoms with E-state index in [0.29, 0.717) is 12.6 Å². The minimum absolute atomic E-state index is 0.0863. The van der Waals surface area contributed by atoms with Crippen molar-refractivity contribution >= 4 is 0 Å². The number of ether oxygens (including phenoxy) is 1. The molecule has 0 saturated carbocycles. The third-order valence-corrected chi connectivity index (χ3v) is 3.23. The first-order valence-electron chi connectivity index (χ1n) is 6.79. The third kappa shape index (κ3) is 4.83. The van der Waals surface area contributed by atoms with E-state index in [4.69, 9.17) is 9.15 Å². The van der Waals surface area contributed by atoms with Crippen LogP contribution in [0.2, 0.25) is 0 Å². The second-order valence-electron chi connectivity index (χ2n) is 5.73. The Morgan fingerprint density at radius 1 is 1.39 bits per heavy atom. The van der Waals surface area contributed by atoms with Crippen molar-refractivity contribution in [1.29, 1.82) is 0 Å². The highest BCUT2D eigenvalue weighted by atomic mass is 16.5. The Kier molecular flexibility index (Phi) is 5.42. The molecule has 0 amide bonds. The van der Waals surface area contributed by atoms with Crippen LogP contribution in [0.25, 0.3) is 0 Å². The molecule has 0 saturated heterocycles. The smallest absolute Gasteiger partial charge is 0.130 e. The van der Waals surface area contributed by atoms with Gasteiger partial charge < -0.3 is 14.5 Å². The van der Waals surface area contributed by atoms with Crippen molar-refractivity contribution in [3.05, 3.63) is 23.2 Å². The SMILES string of the molecule is CCC(C)(C)OCc1cc(CNC(C)C)c(C)o1. The molecule has 1 N–H and O–H groups in total. The van der Waals surface area contributed by atoms with Gasteiger partial charge in [-0.25, -0.2) is 0 Å². The van der Waals surface area contributed by atoms with E-state index in [0.717, 1.165) is 24.5 Å². The fourth-order valence-corrected chi connectivity index (χ4v) is 1.52. The van der Waals surface area contributed by atoms with Crippen LogP contribution in [-0.4, -0.2) is 11.6 Å². The van der Waals surface area contributed by atoms with E-state index < -0.39 is 0 Å². The summed E-state index contributed by atoms with van der Waals surface area (Å²) in [7, 11) is 0. The fraction of sp³-hybridized carbons (Fsp3) is 0.733. The van der Waals surface area contributed by atoms with Gasteiger partial charge in [0.05, 0.1) is 5.60 Å². The number of furan rings is 1. The van der Waals surface area contributed by atoms with Gasteiger partial charge in [0.15, 0.2) is 0 Å². The summed E-state index contributed by atoms with van der Waals surface area (Å²) in [6.07, 6.45) is 0.994. The number of hydrogen-bond donors (Lipinski definition) is 1. The van der Waals surface area contributed by atoms with Gasteiger partial charge in [0, 0.05) is 18.2 Å². The number of aryl methyl sites for hydroxylation is 1. The predicted octanol–water partition coefficient (Wildman–Crippen LogP) is 3.79. The zero-order chi connectivity index (χ0) is 13.8. The second-order valence-corrected chi connectivity index (χ2v) is 5.73. The third-order valence-electron chi connectivity index (χ3n) is 3.23. The molecule has 0 atom stereocenters. The zero-order valence-corrected chi connectivity index (χ0v) is 12.6. The van der Waals surface area contributed by atoms with Crippen LogP contribution in [-0.2, 0) is 17.9 Å². The molecule has 0 aromatic carbocycles. The van der Waals surface area contributed by atoms with Gasteiger partial charge in [-0.1, -0.05) is 20.8 Å². The van der Waals surface area contributed by atoms with Gasteiger partial charge in [0.2, 0.25) is 0 Å². The van der Waals surface area contributed by atoms with Gasteiger partial charge in [-0.2, -0.15) is 0 Å². The molecule has 0 radical (unpaired) electrons. The monoisotopic (exact) mass is 253 g/mol. The molecular weight excluding hydrogens is 226 g/mol. The summed E-state index contributed by atoms with van der Waals surface area (Å²) >= 11 is 0. The Morgan fingerprint density at radius 3 is 2.61 bits per heavy atom. The number of nitrogens with one attached hydrogen (secondary N) is 1. The van der Waals surface area contributed by atoms with E-state index in [1.165, 1.54) is 5.56 Å². The first-order chi connectivity index (χ1) is 8.34. The largest absolute Gasteiger partial charge is 0.464 e. The van der Waals surface area contributed by atoms with Crippen LogP contribution in [0.4, 0.5) is 0 Å². The molecule has 1 rings (SSSR count). The van der Waals surface area contributed by atoms with Crippen LogP contribution in [0.15, 0.2) is 10.5 Å². The van der Waals surface area contributed by atoms with Gasteiger partial charge in [-0.3, -0.25) is 0 Å². The Labute approximate surface area is 111 Å². The summed E-state index contributed by atoms with van der Waals surface area (Å²) in [5.41, 5.74) is 1.13. The maximum Gasteiger partial charge on any atom is 0.130 e. The highest BCUT2D eigenvalue weighted by Crippen LogP contribution is 2.20. The number of hydrogen-bond acceptors (Lipinski definition) is 3. The van der Waals surface area contributed by atoms with Crippen molar-refractivity contribution in [2.75, 3.05) is 0 Å². The molecule has 1 heterocycles. The Hall–Kier alpha value is -0.800. The van der Waals surface area contributed by atoms with Crippen molar-refractivity contribution in [3.8, 4) is 0 Å². The molecular formula is C15H27NO2. The molecule has 0 aliphatic carbocycles. The maximum atomic E-state index is 5.84. The van der Waals surface area contributed by atoms with Crippen molar-refractivity contribution in [1.82, 2.24) is 5.32 Å². The van der Waals surface area contributed by atoms with Gasteiger partial charge in [-0.15, -0.1) is 0 Å². The summed E-state index contributed by atoms with van der Waals surface area (Å²) in [4.78, 5) is 0. The molecule has 3 heteroatoms. The summed E-state index contributed by atoms with van der Waals surface area (Å²) in [5.74, 6) is 1.89. The lowest BCUT2D eigenvalue weighted by atomic mass is 10.1. The van der Waals surface area contributed by atoms with Crippen LogP contribution >= 0.6 is 0 Å². The van der Waals surface area contributed by atoms with E-state index in [1.807, 2.05) is 6.92 Å². The minimum Gasteiger partial charge on any atom is -0.464 e. The lowest BCUT2D eigenvalue weighted by Gasteiger charge is -2.22. The standard InChI is InChI=1S/C15H27NO2/c1-7-15(5,6)17-10-14-8-13(12(4)18-14)9-16-11(2)3/h8,11,16H,7,9-10H2,1-6H3. The molecule has 0 fully saturated rings. The normalized spacial score (nSPS) is 12.4. The first-order valence-corrected chi connectivity index (χ1v) is 6.79. The molecule has 0 unspecified atom stereocenters. The molecule has 1 aromatic heterocycles. The molecule has 104 valence electrons. The van der Waals surface area contributed by atoms with E-state index in [2.05, 4.69) is 46.0 Å². The summed E-state index contributed by atoms with van der Waals surface area (Å²) in [6.45, 7) is 14.0. The summed E-state index contributed by atoms with van der Waals surface area (Å²) < 4.78 is 11.6. The Bertz CT molecular complexity index is 367. The van der Waals surface area contributed by atoms with E-state index in [9.17, 15) is 0 Å². The average Bonchev–Trinajstić information content (AvgIpc) is 2.65. The van der Waals surface area contributed by atoms with Gasteiger partial charge in [0.1, 0.15) is 18.1 Å². The van der Waals surface area contributed by atoms with Crippen molar-refractivity contribution in [2.45, 2.75) is 72.8 Å². The van der Waals surface area contributed by atoms with Crippen LogP contribution in [0.5, 0.6) is 0 Å². The van der Waals surface area contributed by atoms with Crippen molar-refractivity contribution in [2.24, 2.45) is 0 Å². The van der Waals surface area contributed by atoms with Gasteiger partial charge >= 0.3 is 0 Å². The molecule has 0 aliphatic rings. The zero-order valence-electron chi connectivity index (χ0n) is 12.6. The average molecular weight is 253 g/mol. The summed E-state index contributed by atoms with van der Waals surface area (Å²) in [5, 5.41) is 3.40. The van der Waals surface area contributed by atoms with Gasteiger partial charge in [-0.05, 0) is 33.3 Å². The maximum absolute atomic E-state index is 5.84. The molecule has 0 aliphatic heterocycles. The molecule has 0 bridgehead atoms.